The Labute approximate surface area is 106 Å². The summed E-state index contributed by atoms with van der Waals surface area (Å²) in [6, 6.07) is -0.313. The van der Waals surface area contributed by atoms with E-state index in [9.17, 15) is 9.59 Å². The zero-order valence-corrected chi connectivity index (χ0v) is 11.7. The first kappa shape index (κ1) is 14.3. The van der Waals surface area contributed by atoms with Gasteiger partial charge in [0.1, 0.15) is 12.6 Å². The molecule has 5 nitrogen and oxygen atoms in total. The van der Waals surface area contributed by atoms with Crippen molar-refractivity contribution in [3.63, 3.8) is 0 Å². The summed E-state index contributed by atoms with van der Waals surface area (Å²) < 4.78 is 4.27. The lowest BCUT2D eigenvalue weighted by molar-refractivity contribution is -0.141. The smallest absolute Gasteiger partial charge is 0.325 e. The molecule has 2 N–H and O–H groups in total. The van der Waals surface area contributed by atoms with Crippen molar-refractivity contribution in [3.8, 4) is 0 Å². The molecule has 0 bridgehead atoms. The Hall–Kier alpha value is -0.750. The highest BCUT2D eigenvalue weighted by Gasteiger charge is 2.48. The topological polar surface area (TPSA) is 67.4 Å². The van der Waals surface area contributed by atoms with E-state index < -0.39 is 5.97 Å². The number of amides is 1. The first-order valence-electron chi connectivity index (χ1n) is 5.50. The van der Waals surface area contributed by atoms with E-state index in [1.165, 1.54) is 7.11 Å². The van der Waals surface area contributed by atoms with Gasteiger partial charge < -0.3 is 10.1 Å². The molecule has 0 spiro atoms. The summed E-state index contributed by atoms with van der Waals surface area (Å²) in [5.74, 6) is -0.612. The fourth-order valence-electron chi connectivity index (χ4n) is 1.98. The van der Waals surface area contributed by atoms with Gasteiger partial charge in [-0.2, -0.15) is 0 Å². The van der Waals surface area contributed by atoms with Crippen molar-refractivity contribution >= 4 is 23.6 Å². The van der Waals surface area contributed by atoms with E-state index in [0.29, 0.717) is 0 Å². The Bertz CT molecular complexity index is 329. The van der Waals surface area contributed by atoms with Crippen LogP contribution in [-0.4, -0.2) is 41.2 Å². The molecule has 1 saturated heterocycles. The van der Waals surface area contributed by atoms with Crippen molar-refractivity contribution in [1.29, 1.82) is 0 Å². The standard InChI is InChI=1S/C11H20N2O3S/c1-10(2)8(13-11(3,4)17-10)9(15)12-6-7(14)16-5/h8,13H,6H2,1-5H3,(H,12,15). The predicted octanol–water partition coefficient (Wildman–Crippen LogP) is 0.495. The van der Waals surface area contributed by atoms with Crippen molar-refractivity contribution in [2.24, 2.45) is 0 Å². The largest absolute Gasteiger partial charge is 0.468 e. The summed E-state index contributed by atoms with van der Waals surface area (Å²) in [6.07, 6.45) is 0. The molecule has 1 fully saturated rings. The number of esters is 1. The van der Waals surface area contributed by atoms with Crippen LogP contribution >= 0.6 is 11.8 Å². The number of hydrogen-bond donors (Lipinski definition) is 2. The Morgan fingerprint density at radius 2 is 1.94 bits per heavy atom. The minimum Gasteiger partial charge on any atom is -0.468 e. The Kier molecular flexibility index (Phi) is 4.09. The van der Waals surface area contributed by atoms with Gasteiger partial charge in [0.2, 0.25) is 5.91 Å². The number of ether oxygens (including phenoxy) is 1. The molecule has 0 aromatic rings. The first-order valence-corrected chi connectivity index (χ1v) is 6.32. The Balaban J connectivity index is 2.61. The maximum atomic E-state index is 12.0. The summed E-state index contributed by atoms with van der Waals surface area (Å²) in [5, 5.41) is 5.84. The molecular formula is C11H20N2O3S. The summed E-state index contributed by atoms with van der Waals surface area (Å²) >= 11 is 1.71. The van der Waals surface area contributed by atoms with Gasteiger partial charge >= 0.3 is 5.97 Å². The van der Waals surface area contributed by atoms with Crippen molar-refractivity contribution < 1.29 is 14.3 Å². The van der Waals surface area contributed by atoms with Crippen LogP contribution in [0.2, 0.25) is 0 Å². The molecule has 1 atom stereocenters. The van der Waals surface area contributed by atoms with Crippen LogP contribution in [0.25, 0.3) is 0 Å². The third kappa shape index (κ3) is 3.61. The second-order valence-corrected chi connectivity index (χ2v) is 7.36. The highest BCUT2D eigenvalue weighted by atomic mass is 32.2. The van der Waals surface area contributed by atoms with E-state index >= 15 is 0 Å². The zero-order valence-electron chi connectivity index (χ0n) is 10.9. The third-order valence-electron chi connectivity index (χ3n) is 2.60. The zero-order chi connectivity index (χ0) is 13.3. The third-order valence-corrected chi connectivity index (χ3v) is 3.99. The van der Waals surface area contributed by atoms with Gasteiger partial charge in [0, 0.05) is 4.75 Å². The molecule has 1 unspecified atom stereocenters. The molecule has 1 aliphatic rings. The lowest BCUT2D eigenvalue weighted by Gasteiger charge is -2.23. The van der Waals surface area contributed by atoms with Gasteiger partial charge in [-0.15, -0.1) is 11.8 Å². The summed E-state index contributed by atoms with van der Waals surface area (Å²) in [5.41, 5.74) is 0. The maximum absolute atomic E-state index is 12.0. The maximum Gasteiger partial charge on any atom is 0.325 e. The van der Waals surface area contributed by atoms with Crippen LogP contribution in [0.5, 0.6) is 0 Å². The molecule has 1 aliphatic heterocycles. The van der Waals surface area contributed by atoms with E-state index in [0.717, 1.165) is 0 Å². The van der Waals surface area contributed by atoms with E-state index in [2.05, 4.69) is 15.4 Å². The average molecular weight is 260 g/mol. The van der Waals surface area contributed by atoms with Crippen LogP contribution in [-0.2, 0) is 14.3 Å². The molecule has 0 aromatic heterocycles. The van der Waals surface area contributed by atoms with Crippen LogP contribution < -0.4 is 10.6 Å². The van der Waals surface area contributed by atoms with E-state index in [4.69, 9.17) is 0 Å². The SMILES string of the molecule is COC(=O)CNC(=O)C1NC(C)(C)SC1(C)C. The second-order valence-electron chi connectivity index (χ2n) is 5.09. The summed E-state index contributed by atoms with van der Waals surface area (Å²) in [7, 11) is 1.30. The minimum absolute atomic E-state index is 0.0886. The quantitative estimate of drug-likeness (QED) is 0.723. The molecule has 0 aromatic carbocycles. The van der Waals surface area contributed by atoms with Crippen LogP contribution in [0, 0.1) is 0 Å². The second kappa shape index (κ2) is 4.86. The van der Waals surface area contributed by atoms with Crippen LogP contribution in [0.4, 0.5) is 0 Å². The van der Waals surface area contributed by atoms with Gasteiger partial charge in [0.15, 0.2) is 0 Å². The number of hydrogen-bond acceptors (Lipinski definition) is 5. The van der Waals surface area contributed by atoms with E-state index in [1.54, 1.807) is 11.8 Å². The minimum atomic E-state index is -0.443. The van der Waals surface area contributed by atoms with E-state index in [1.807, 2.05) is 27.7 Å². The first-order chi connectivity index (χ1) is 7.68. The molecule has 6 heteroatoms. The lowest BCUT2D eigenvalue weighted by Crippen LogP contribution is -2.52. The molecule has 1 heterocycles. The van der Waals surface area contributed by atoms with E-state index in [-0.39, 0.29) is 28.1 Å². The van der Waals surface area contributed by atoms with Gasteiger partial charge in [-0.1, -0.05) is 0 Å². The Morgan fingerprint density at radius 1 is 1.35 bits per heavy atom. The highest BCUT2D eigenvalue weighted by Crippen LogP contribution is 2.43. The number of carbonyl (C=O) groups is 2. The summed E-state index contributed by atoms with van der Waals surface area (Å²) in [4.78, 5) is 22.8. The average Bonchev–Trinajstić information content (AvgIpc) is 2.42. The molecule has 98 valence electrons. The van der Waals surface area contributed by atoms with Crippen molar-refractivity contribution in [2.45, 2.75) is 43.4 Å². The molecule has 1 rings (SSSR count). The van der Waals surface area contributed by atoms with Crippen molar-refractivity contribution in [1.82, 2.24) is 10.6 Å². The van der Waals surface area contributed by atoms with Gasteiger partial charge in [0.25, 0.3) is 0 Å². The molecular weight excluding hydrogens is 240 g/mol. The number of nitrogens with one attached hydrogen (secondary N) is 2. The van der Waals surface area contributed by atoms with Crippen LogP contribution in [0.15, 0.2) is 0 Å². The normalized spacial score (nSPS) is 25.4. The summed E-state index contributed by atoms with van der Waals surface area (Å²) in [6.45, 7) is 8.01. The highest BCUT2D eigenvalue weighted by molar-refractivity contribution is 8.02. The van der Waals surface area contributed by atoms with Crippen molar-refractivity contribution in [3.05, 3.63) is 0 Å². The lowest BCUT2D eigenvalue weighted by atomic mass is 10.0. The Morgan fingerprint density at radius 3 is 2.35 bits per heavy atom. The van der Waals surface area contributed by atoms with Gasteiger partial charge in [-0.3, -0.25) is 14.9 Å². The van der Waals surface area contributed by atoms with Crippen molar-refractivity contribution in [2.75, 3.05) is 13.7 Å². The fraction of sp³-hybridized carbons (Fsp3) is 0.818. The molecule has 0 saturated carbocycles. The molecule has 1 amide bonds. The van der Waals surface area contributed by atoms with Crippen LogP contribution in [0.3, 0.4) is 0 Å². The monoisotopic (exact) mass is 260 g/mol. The molecule has 0 aliphatic carbocycles. The molecule has 17 heavy (non-hydrogen) atoms. The predicted molar refractivity (Wildman–Crippen MR) is 67.7 cm³/mol. The number of methoxy groups -OCH3 is 1. The van der Waals surface area contributed by atoms with Gasteiger partial charge in [-0.25, -0.2) is 0 Å². The van der Waals surface area contributed by atoms with Gasteiger partial charge in [-0.05, 0) is 27.7 Å². The number of rotatable bonds is 3. The number of thioether (sulfide) groups is 1. The van der Waals surface area contributed by atoms with Gasteiger partial charge in [0.05, 0.1) is 12.0 Å². The van der Waals surface area contributed by atoms with Crippen LogP contribution in [0.1, 0.15) is 27.7 Å². The fourth-order valence-corrected chi connectivity index (χ4v) is 3.76. The molecule has 0 radical (unpaired) electrons. The number of carbonyl (C=O) groups excluding carboxylic acids is 2.